The second kappa shape index (κ2) is 5.37. The molecule has 3 heteroatoms. The van der Waals surface area contributed by atoms with Crippen molar-refractivity contribution in [3.05, 3.63) is 12.7 Å². The smallest absolute Gasteiger partial charge is 0.407 e. The molecule has 1 N–H and O–H groups in total. The highest BCUT2D eigenvalue weighted by atomic mass is 16.6. The molecule has 0 aromatic rings. The van der Waals surface area contributed by atoms with Crippen molar-refractivity contribution in [1.29, 1.82) is 0 Å². The molecule has 0 bridgehead atoms. The number of allylic oxidation sites excluding steroid dienone is 1. The Hall–Kier alpha value is -0.990. The second-order valence-electron chi connectivity index (χ2n) is 5.47. The zero-order valence-corrected chi connectivity index (χ0v) is 10.6. The molecule has 0 spiro atoms. The largest absolute Gasteiger partial charge is 0.444 e. The van der Waals surface area contributed by atoms with Crippen LogP contribution in [0.15, 0.2) is 12.7 Å². The first-order valence-electron chi connectivity index (χ1n) is 6.02. The van der Waals surface area contributed by atoms with E-state index in [-0.39, 0.29) is 6.09 Å². The molecule has 1 fully saturated rings. The van der Waals surface area contributed by atoms with Gasteiger partial charge in [-0.2, -0.15) is 0 Å². The second-order valence-corrected chi connectivity index (χ2v) is 5.47. The van der Waals surface area contributed by atoms with E-state index in [4.69, 9.17) is 4.74 Å². The lowest BCUT2D eigenvalue weighted by Crippen LogP contribution is -2.35. The Kier molecular flexibility index (Phi) is 4.39. The van der Waals surface area contributed by atoms with Gasteiger partial charge in [-0.3, -0.25) is 0 Å². The number of hydrogen-bond donors (Lipinski definition) is 1. The Balaban J connectivity index is 2.29. The van der Waals surface area contributed by atoms with Crippen LogP contribution < -0.4 is 5.32 Å². The number of hydrogen-bond acceptors (Lipinski definition) is 2. The van der Waals surface area contributed by atoms with Gasteiger partial charge in [0.15, 0.2) is 0 Å². The van der Waals surface area contributed by atoms with Crippen molar-refractivity contribution >= 4 is 6.09 Å². The highest BCUT2D eigenvalue weighted by molar-refractivity contribution is 5.67. The lowest BCUT2D eigenvalue weighted by molar-refractivity contribution is 0.0517. The number of carbonyl (C=O) groups is 1. The number of carbonyl (C=O) groups excluding carboxylic acids is 1. The van der Waals surface area contributed by atoms with Gasteiger partial charge >= 0.3 is 6.09 Å². The number of alkyl carbamates (subject to hydrolysis) is 1. The van der Waals surface area contributed by atoms with E-state index in [1.807, 2.05) is 26.8 Å². The van der Waals surface area contributed by atoms with Crippen LogP contribution in [-0.4, -0.2) is 18.2 Å². The van der Waals surface area contributed by atoms with Gasteiger partial charge in [0.25, 0.3) is 0 Å². The van der Waals surface area contributed by atoms with Crippen molar-refractivity contribution in [3.63, 3.8) is 0 Å². The highest BCUT2D eigenvalue weighted by Gasteiger charge is 2.25. The summed E-state index contributed by atoms with van der Waals surface area (Å²) >= 11 is 0. The summed E-state index contributed by atoms with van der Waals surface area (Å²) in [4.78, 5) is 11.5. The van der Waals surface area contributed by atoms with Crippen molar-refractivity contribution in [3.8, 4) is 0 Å². The van der Waals surface area contributed by atoms with Crippen LogP contribution in [0.4, 0.5) is 4.79 Å². The van der Waals surface area contributed by atoms with Gasteiger partial charge in [0.2, 0.25) is 0 Å². The quantitative estimate of drug-likeness (QED) is 0.749. The average Bonchev–Trinajstić information content (AvgIpc) is 2.59. The molecule has 3 nitrogen and oxygen atoms in total. The van der Waals surface area contributed by atoms with Gasteiger partial charge in [-0.15, -0.1) is 6.58 Å². The normalized spacial score (nSPS) is 25.2. The van der Waals surface area contributed by atoms with Crippen LogP contribution in [0.5, 0.6) is 0 Å². The lowest BCUT2D eigenvalue weighted by atomic mass is 9.96. The SMILES string of the molecule is C=C[C@H]1CCC[C@H]1CNC(=O)OC(C)(C)C. The topological polar surface area (TPSA) is 38.3 Å². The van der Waals surface area contributed by atoms with Crippen molar-refractivity contribution in [1.82, 2.24) is 5.32 Å². The van der Waals surface area contributed by atoms with E-state index < -0.39 is 5.60 Å². The highest BCUT2D eigenvalue weighted by Crippen LogP contribution is 2.31. The molecule has 1 aliphatic carbocycles. The first-order valence-corrected chi connectivity index (χ1v) is 6.02. The molecular weight excluding hydrogens is 202 g/mol. The minimum absolute atomic E-state index is 0.317. The van der Waals surface area contributed by atoms with Gasteiger partial charge in [0.1, 0.15) is 5.60 Å². The van der Waals surface area contributed by atoms with Crippen molar-refractivity contribution in [2.45, 2.75) is 45.6 Å². The maximum Gasteiger partial charge on any atom is 0.407 e. The summed E-state index contributed by atoms with van der Waals surface area (Å²) in [6, 6.07) is 0. The van der Waals surface area contributed by atoms with Crippen LogP contribution in [0.3, 0.4) is 0 Å². The molecule has 1 aliphatic rings. The van der Waals surface area contributed by atoms with Gasteiger partial charge in [-0.1, -0.05) is 12.5 Å². The third kappa shape index (κ3) is 4.25. The molecule has 1 rings (SSSR count). The van der Waals surface area contributed by atoms with Crippen LogP contribution in [-0.2, 0) is 4.74 Å². The molecule has 1 saturated carbocycles. The monoisotopic (exact) mass is 225 g/mol. The van der Waals surface area contributed by atoms with Crippen molar-refractivity contribution < 1.29 is 9.53 Å². The maximum atomic E-state index is 11.5. The van der Waals surface area contributed by atoms with Gasteiger partial charge < -0.3 is 10.1 Å². The number of rotatable bonds is 3. The standard InChI is InChI=1S/C13H23NO2/c1-5-10-7-6-8-11(10)9-14-12(15)16-13(2,3)4/h5,10-11H,1,6-9H2,2-4H3,(H,14,15)/t10-,11-/m0/s1. The van der Waals surface area contributed by atoms with E-state index in [2.05, 4.69) is 11.9 Å². The van der Waals surface area contributed by atoms with E-state index >= 15 is 0 Å². The van der Waals surface area contributed by atoms with E-state index in [0.29, 0.717) is 18.4 Å². The fraction of sp³-hybridized carbons (Fsp3) is 0.769. The summed E-state index contributed by atoms with van der Waals surface area (Å²) in [6.45, 7) is 10.1. The van der Waals surface area contributed by atoms with Crippen molar-refractivity contribution in [2.24, 2.45) is 11.8 Å². The van der Waals surface area contributed by atoms with Gasteiger partial charge in [-0.05, 0) is 45.4 Å². The molecule has 1 amide bonds. The van der Waals surface area contributed by atoms with Gasteiger partial charge in [-0.25, -0.2) is 4.79 Å². The van der Waals surface area contributed by atoms with Crippen molar-refractivity contribution in [2.75, 3.05) is 6.54 Å². The zero-order valence-electron chi connectivity index (χ0n) is 10.6. The summed E-state index contributed by atoms with van der Waals surface area (Å²) in [5, 5.41) is 2.84. The summed E-state index contributed by atoms with van der Waals surface area (Å²) in [5.74, 6) is 1.08. The Morgan fingerprint density at radius 1 is 1.50 bits per heavy atom. The molecule has 0 aromatic carbocycles. The van der Waals surface area contributed by atoms with Crippen LogP contribution in [0.1, 0.15) is 40.0 Å². The third-order valence-corrected chi connectivity index (χ3v) is 2.93. The molecular formula is C13H23NO2. The number of nitrogens with one attached hydrogen (secondary N) is 1. The first-order chi connectivity index (χ1) is 7.42. The zero-order chi connectivity index (χ0) is 12.2. The Morgan fingerprint density at radius 3 is 2.75 bits per heavy atom. The van der Waals surface area contributed by atoms with Crippen LogP contribution in [0.25, 0.3) is 0 Å². The number of ether oxygens (including phenoxy) is 1. The Labute approximate surface area is 98.2 Å². The first kappa shape index (κ1) is 13.1. The van der Waals surface area contributed by atoms with E-state index in [9.17, 15) is 4.79 Å². The predicted molar refractivity (Wildman–Crippen MR) is 65.3 cm³/mol. The van der Waals surface area contributed by atoms with Crippen LogP contribution in [0, 0.1) is 11.8 Å². The van der Waals surface area contributed by atoms with Gasteiger partial charge in [0, 0.05) is 6.54 Å². The fourth-order valence-electron chi connectivity index (χ4n) is 2.16. The van der Waals surface area contributed by atoms with E-state index in [0.717, 1.165) is 0 Å². The molecule has 0 heterocycles. The fourth-order valence-corrected chi connectivity index (χ4v) is 2.16. The molecule has 0 aromatic heterocycles. The Morgan fingerprint density at radius 2 is 2.19 bits per heavy atom. The summed E-state index contributed by atoms with van der Waals surface area (Å²) in [5.41, 5.74) is -0.419. The average molecular weight is 225 g/mol. The Bertz CT molecular complexity index is 255. The summed E-state index contributed by atoms with van der Waals surface area (Å²) < 4.78 is 5.19. The molecule has 92 valence electrons. The molecule has 0 aliphatic heterocycles. The van der Waals surface area contributed by atoms with E-state index in [1.54, 1.807) is 0 Å². The van der Waals surface area contributed by atoms with Crippen LogP contribution in [0.2, 0.25) is 0 Å². The lowest BCUT2D eigenvalue weighted by Gasteiger charge is -2.21. The summed E-state index contributed by atoms with van der Waals surface area (Å²) in [6.07, 6.45) is 5.30. The molecule has 0 saturated heterocycles. The number of amides is 1. The molecule has 0 unspecified atom stereocenters. The van der Waals surface area contributed by atoms with Gasteiger partial charge in [0.05, 0.1) is 0 Å². The van der Waals surface area contributed by atoms with E-state index in [1.165, 1.54) is 19.3 Å². The molecule has 16 heavy (non-hydrogen) atoms. The maximum absolute atomic E-state index is 11.5. The minimum atomic E-state index is -0.419. The minimum Gasteiger partial charge on any atom is -0.444 e. The predicted octanol–water partition coefficient (Wildman–Crippen LogP) is 3.11. The molecule has 0 radical (unpaired) electrons. The molecule has 2 atom stereocenters. The summed E-state index contributed by atoms with van der Waals surface area (Å²) in [7, 11) is 0. The van der Waals surface area contributed by atoms with Crippen LogP contribution >= 0.6 is 0 Å². The third-order valence-electron chi connectivity index (χ3n) is 2.93.